The molecular weight excluding hydrogens is 265 g/mol. The van der Waals surface area contributed by atoms with E-state index in [-0.39, 0.29) is 10.4 Å². The van der Waals surface area contributed by atoms with Crippen LogP contribution in [0.3, 0.4) is 0 Å². The molecule has 0 aliphatic rings. The van der Waals surface area contributed by atoms with Crippen LogP contribution in [0.1, 0.15) is 11.9 Å². The van der Waals surface area contributed by atoms with E-state index in [1.807, 2.05) is 0 Å². The van der Waals surface area contributed by atoms with Crippen molar-refractivity contribution in [1.82, 2.24) is 0 Å². The van der Waals surface area contributed by atoms with Crippen molar-refractivity contribution in [3.8, 4) is 0 Å². The molecule has 6 heteroatoms. The summed E-state index contributed by atoms with van der Waals surface area (Å²) in [6.45, 7) is 2.76. The van der Waals surface area contributed by atoms with Gasteiger partial charge in [0, 0.05) is 0 Å². The Bertz CT molecular complexity index is 343. The topological polar surface area (TPSA) is 33.4 Å². The van der Waals surface area contributed by atoms with Crippen LogP contribution in [0.2, 0.25) is 0 Å². The van der Waals surface area contributed by atoms with Gasteiger partial charge in [0.15, 0.2) is 4.67 Å². The molecule has 0 aliphatic heterocycles. The van der Waals surface area contributed by atoms with Crippen LogP contribution < -0.4 is 0 Å². The molecule has 1 aromatic rings. The quantitative estimate of drug-likeness (QED) is 0.838. The van der Waals surface area contributed by atoms with Gasteiger partial charge in [0.2, 0.25) is 0 Å². The number of hydrogen-bond donors (Lipinski definition) is 1. The summed E-state index contributed by atoms with van der Waals surface area (Å²) in [5.74, 6) is -0.195. The number of alkyl halides is 3. The molecule has 78 valence electrons. The molecular formula is C8H6BrF3O2. The summed E-state index contributed by atoms with van der Waals surface area (Å²) in [7, 11) is 0. The smallest absolute Gasteiger partial charge is 0.415 e. The molecule has 1 unspecified atom stereocenters. The minimum atomic E-state index is -4.63. The van der Waals surface area contributed by atoms with Crippen molar-refractivity contribution in [3.05, 3.63) is 34.7 Å². The van der Waals surface area contributed by atoms with Crippen LogP contribution in [0.25, 0.3) is 0 Å². The molecule has 1 aromatic heterocycles. The van der Waals surface area contributed by atoms with Crippen LogP contribution in [-0.2, 0) is 0 Å². The highest BCUT2D eigenvalue weighted by Crippen LogP contribution is 2.35. The van der Waals surface area contributed by atoms with Crippen molar-refractivity contribution in [2.75, 3.05) is 0 Å². The number of aliphatic hydroxyl groups is 1. The van der Waals surface area contributed by atoms with E-state index in [1.165, 1.54) is 12.1 Å². The SMILES string of the molecule is C=C(C(O)c1ccc(Br)o1)C(F)(F)F. The molecule has 0 spiro atoms. The largest absolute Gasteiger partial charge is 0.451 e. The highest BCUT2D eigenvalue weighted by Gasteiger charge is 2.38. The number of rotatable bonds is 2. The first-order valence-electron chi connectivity index (χ1n) is 3.51. The van der Waals surface area contributed by atoms with Crippen molar-refractivity contribution in [3.63, 3.8) is 0 Å². The van der Waals surface area contributed by atoms with E-state index in [9.17, 15) is 18.3 Å². The first kappa shape index (κ1) is 11.3. The first-order chi connectivity index (χ1) is 6.32. The van der Waals surface area contributed by atoms with Gasteiger partial charge < -0.3 is 9.52 Å². The molecule has 1 atom stereocenters. The molecule has 0 saturated carbocycles. The molecule has 0 bridgehead atoms. The standard InChI is InChI=1S/C8H6BrF3O2/c1-4(8(10,11)12)7(13)5-2-3-6(9)14-5/h2-3,7,13H,1H2. The van der Waals surface area contributed by atoms with Gasteiger partial charge in [-0.25, -0.2) is 0 Å². The van der Waals surface area contributed by atoms with Crippen LogP contribution >= 0.6 is 15.9 Å². The molecule has 2 nitrogen and oxygen atoms in total. The molecule has 0 saturated heterocycles. The maximum atomic E-state index is 12.1. The number of hydrogen-bond acceptors (Lipinski definition) is 2. The third-order valence-electron chi connectivity index (χ3n) is 1.56. The minimum absolute atomic E-state index is 0.195. The lowest BCUT2D eigenvalue weighted by atomic mass is 10.1. The van der Waals surface area contributed by atoms with E-state index in [4.69, 9.17) is 4.42 Å². The Morgan fingerprint density at radius 2 is 2.07 bits per heavy atom. The van der Waals surface area contributed by atoms with Gasteiger partial charge in [-0.3, -0.25) is 0 Å². The molecule has 0 fully saturated rings. The second-order valence-electron chi connectivity index (χ2n) is 2.57. The van der Waals surface area contributed by atoms with Gasteiger partial charge >= 0.3 is 6.18 Å². The van der Waals surface area contributed by atoms with Crippen molar-refractivity contribution in [1.29, 1.82) is 0 Å². The van der Waals surface area contributed by atoms with Gasteiger partial charge in [-0.1, -0.05) is 6.58 Å². The zero-order valence-electron chi connectivity index (χ0n) is 6.81. The Labute approximate surface area is 86.2 Å². The van der Waals surface area contributed by atoms with Gasteiger partial charge in [-0.15, -0.1) is 0 Å². The number of furan rings is 1. The Balaban J connectivity index is 2.86. The van der Waals surface area contributed by atoms with E-state index in [0.29, 0.717) is 0 Å². The molecule has 0 aromatic carbocycles. The van der Waals surface area contributed by atoms with Crippen LogP contribution in [0.15, 0.2) is 33.4 Å². The lowest BCUT2D eigenvalue weighted by molar-refractivity contribution is -0.106. The van der Waals surface area contributed by atoms with E-state index in [2.05, 4.69) is 22.5 Å². The molecule has 0 amide bonds. The first-order valence-corrected chi connectivity index (χ1v) is 4.31. The third kappa shape index (κ3) is 2.39. The number of halogens is 4. The maximum Gasteiger partial charge on any atom is 0.415 e. The van der Waals surface area contributed by atoms with Gasteiger partial charge in [0.1, 0.15) is 11.9 Å². The highest BCUT2D eigenvalue weighted by molar-refractivity contribution is 9.10. The lowest BCUT2D eigenvalue weighted by Gasteiger charge is -2.14. The second-order valence-corrected chi connectivity index (χ2v) is 3.35. The fraction of sp³-hybridized carbons (Fsp3) is 0.250. The molecule has 0 aliphatic carbocycles. The van der Waals surface area contributed by atoms with Gasteiger partial charge in [0.25, 0.3) is 0 Å². The molecule has 1 heterocycles. The summed E-state index contributed by atoms with van der Waals surface area (Å²) >= 11 is 2.91. The van der Waals surface area contributed by atoms with E-state index >= 15 is 0 Å². The predicted molar refractivity (Wildman–Crippen MR) is 46.6 cm³/mol. The molecule has 14 heavy (non-hydrogen) atoms. The van der Waals surface area contributed by atoms with Crippen LogP contribution in [0, 0.1) is 0 Å². The molecule has 1 N–H and O–H groups in total. The number of aliphatic hydroxyl groups excluding tert-OH is 1. The van der Waals surface area contributed by atoms with Crippen LogP contribution in [-0.4, -0.2) is 11.3 Å². The van der Waals surface area contributed by atoms with Gasteiger partial charge in [-0.05, 0) is 28.1 Å². The second kappa shape index (κ2) is 3.78. The van der Waals surface area contributed by atoms with E-state index in [0.717, 1.165) is 0 Å². The van der Waals surface area contributed by atoms with Crippen molar-refractivity contribution in [2.45, 2.75) is 12.3 Å². The molecule has 0 radical (unpaired) electrons. The summed E-state index contributed by atoms with van der Waals surface area (Å²) in [6, 6.07) is 2.63. The maximum absolute atomic E-state index is 12.1. The zero-order valence-corrected chi connectivity index (χ0v) is 8.39. The zero-order chi connectivity index (χ0) is 10.9. The average Bonchev–Trinajstić information content (AvgIpc) is 2.47. The van der Waals surface area contributed by atoms with E-state index < -0.39 is 17.9 Å². The third-order valence-corrected chi connectivity index (χ3v) is 1.98. The van der Waals surface area contributed by atoms with Gasteiger partial charge in [0.05, 0.1) is 5.57 Å². The molecule has 1 rings (SSSR count). The van der Waals surface area contributed by atoms with Crippen LogP contribution in [0.4, 0.5) is 13.2 Å². The Morgan fingerprint density at radius 3 is 2.43 bits per heavy atom. The van der Waals surface area contributed by atoms with Gasteiger partial charge in [-0.2, -0.15) is 13.2 Å². The fourth-order valence-electron chi connectivity index (χ4n) is 0.802. The van der Waals surface area contributed by atoms with Crippen molar-refractivity contribution < 1.29 is 22.7 Å². The summed E-state index contributed by atoms with van der Waals surface area (Å²) < 4.78 is 41.3. The Morgan fingerprint density at radius 1 is 1.50 bits per heavy atom. The minimum Gasteiger partial charge on any atom is -0.451 e. The predicted octanol–water partition coefficient (Wildman–Crippen LogP) is 3.19. The Hall–Kier alpha value is -0.750. The summed E-state index contributed by atoms with van der Waals surface area (Å²) in [5, 5.41) is 9.20. The normalized spacial score (nSPS) is 14.1. The highest BCUT2D eigenvalue weighted by atomic mass is 79.9. The fourth-order valence-corrected chi connectivity index (χ4v) is 1.12. The monoisotopic (exact) mass is 270 g/mol. The lowest BCUT2D eigenvalue weighted by Crippen LogP contribution is -2.17. The van der Waals surface area contributed by atoms with Crippen LogP contribution in [0.5, 0.6) is 0 Å². The Kier molecular flexibility index (Phi) is 3.06. The van der Waals surface area contributed by atoms with Crippen molar-refractivity contribution in [2.24, 2.45) is 0 Å². The average molecular weight is 271 g/mol. The summed E-state index contributed by atoms with van der Waals surface area (Å²) in [4.78, 5) is 0. The summed E-state index contributed by atoms with van der Waals surface area (Å²) in [5.41, 5.74) is -1.25. The van der Waals surface area contributed by atoms with E-state index in [1.54, 1.807) is 0 Å². The summed E-state index contributed by atoms with van der Waals surface area (Å²) in [6.07, 6.45) is -6.49. The van der Waals surface area contributed by atoms with Crippen molar-refractivity contribution >= 4 is 15.9 Å².